The Morgan fingerprint density at radius 3 is 2.84 bits per heavy atom. The topological polar surface area (TPSA) is 68.2 Å². The van der Waals surface area contributed by atoms with Gasteiger partial charge in [-0.25, -0.2) is 4.98 Å². The quantitative estimate of drug-likeness (QED) is 0.489. The van der Waals surface area contributed by atoms with Crippen molar-refractivity contribution in [1.82, 2.24) is 9.55 Å². The van der Waals surface area contributed by atoms with Crippen LogP contribution >= 0.6 is 0 Å². The Balaban J connectivity index is 1.74. The number of nitrogens with zero attached hydrogens (tertiary/aromatic N) is 3. The molecular formula is C14H19N5. The van der Waals surface area contributed by atoms with Crippen LogP contribution in [0.15, 0.2) is 48.0 Å². The van der Waals surface area contributed by atoms with Crippen LogP contribution < -0.4 is 11.1 Å². The first-order valence-corrected chi connectivity index (χ1v) is 6.33. The first-order chi connectivity index (χ1) is 9.24. The molecule has 0 radical (unpaired) electrons. The highest BCUT2D eigenvalue weighted by Crippen LogP contribution is 2.07. The Morgan fingerprint density at radius 1 is 1.37 bits per heavy atom. The predicted octanol–water partition coefficient (Wildman–Crippen LogP) is 2.01. The van der Waals surface area contributed by atoms with Gasteiger partial charge in [0.05, 0.1) is 6.33 Å². The van der Waals surface area contributed by atoms with Gasteiger partial charge in [0.1, 0.15) is 0 Å². The van der Waals surface area contributed by atoms with Crippen LogP contribution in [0.1, 0.15) is 12.0 Å². The molecule has 5 heteroatoms. The van der Waals surface area contributed by atoms with E-state index in [2.05, 4.69) is 22.2 Å². The van der Waals surface area contributed by atoms with E-state index in [0.717, 1.165) is 18.7 Å². The lowest BCUT2D eigenvalue weighted by molar-refractivity contribution is 0.650. The van der Waals surface area contributed by atoms with Crippen LogP contribution in [0.5, 0.6) is 0 Å². The molecule has 3 N–H and O–H groups in total. The number of rotatable bonds is 5. The number of aliphatic imine (C=N–C) groups is 1. The van der Waals surface area contributed by atoms with Crippen LogP contribution in [0.2, 0.25) is 0 Å². The summed E-state index contributed by atoms with van der Waals surface area (Å²) in [5.41, 5.74) is 8.01. The Labute approximate surface area is 113 Å². The summed E-state index contributed by atoms with van der Waals surface area (Å²) in [4.78, 5) is 8.28. The first-order valence-electron chi connectivity index (χ1n) is 6.33. The summed E-state index contributed by atoms with van der Waals surface area (Å²) in [5, 5.41) is 3.07. The van der Waals surface area contributed by atoms with Crippen LogP contribution in [-0.2, 0) is 6.54 Å². The number of aromatic nitrogens is 2. The van der Waals surface area contributed by atoms with Gasteiger partial charge in [-0.3, -0.25) is 4.99 Å². The van der Waals surface area contributed by atoms with Gasteiger partial charge in [-0.2, -0.15) is 0 Å². The Morgan fingerprint density at radius 2 is 2.16 bits per heavy atom. The molecule has 0 unspecified atom stereocenters. The summed E-state index contributed by atoms with van der Waals surface area (Å²) >= 11 is 0. The highest BCUT2D eigenvalue weighted by atomic mass is 15.1. The van der Waals surface area contributed by atoms with Crippen molar-refractivity contribution in [2.24, 2.45) is 10.7 Å². The van der Waals surface area contributed by atoms with Crippen molar-refractivity contribution < 1.29 is 0 Å². The Kier molecular flexibility index (Phi) is 4.55. The third-order valence-corrected chi connectivity index (χ3v) is 2.74. The van der Waals surface area contributed by atoms with E-state index in [0.29, 0.717) is 12.5 Å². The smallest absolute Gasteiger partial charge is 0.193 e. The predicted molar refractivity (Wildman–Crippen MR) is 78.1 cm³/mol. The minimum atomic E-state index is 0.453. The zero-order chi connectivity index (χ0) is 13.5. The van der Waals surface area contributed by atoms with Crippen molar-refractivity contribution in [2.75, 3.05) is 11.9 Å². The second kappa shape index (κ2) is 6.58. The molecule has 1 aromatic heterocycles. The second-order valence-electron chi connectivity index (χ2n) is 4.41. The van der Waals surface area contributed by atoms with E-state index in [1.165, 1.54) is 5.56 Å². The molecule has 0 spiro atoms. The lowest BCUT2D eigenvalue weighted by Gasteiger charge is -2.06. The van der Waals surface area contributed by atoms with E-state index in [9.17, 15) is 0 Å². The van der Waals surface area contributed by atoms with Crippen LogP contribution in [0.3, 0.4) is 0 Å². The van der Waals surface area contributed by atoms with Crippen LogP contribution in [0.25, 0.3) is 0 Å². The molecule has 0 saturated carbocycles. The van der Waals surface area contributed by atoms with E-state index >= 15 is 0 Å². The van der Waals surface area contributed by atoms with Gasteiger partial charge >= 0.3 is 0 Å². The normalized spacial score (nSPS) is 11.5. The summed E-state index contributed by atoms with van der Waals surface area (Å²) < 4.78 is 2.03. The number of nitrogens with one attached hydrogen (secondary N) is 1. The summed E-state index contributed by atoms with van der Waals surface area (Å²) in [5.74, 6) is 0.453. The fourth-order valence-electron chi connectivity index (χ4n) is 1.70. The monoisotopic (exact) mass is 257 g/mol. The molecule has 0 saturated heterocycles. The van der Waals surface area contributed by atoms with E-state index in [-0.39, 0.29) is 0 Å². The van der Waals surface area contributed by atoms with Crippen molar-refractivity contribution in [2.45, 2.75) is 19.9 Å². The van der Waals surface area contributed by atoms with Crippen molar-refractivity contribution in [3.05, 3.63) is 48.5 Å². The minimum absolute atomic E-state index is 0.453. The van der Waals surface area contributed by atoms with Crippen molar-refractivity contribution in [3.8, 4) is 0 Å². The Hall–Kier alpha value is -2.30. The van der Waals surface area contributed by atoms with Gasteiger partial charge < -0.3 is 15.6 Å². The molecular weight excluding hydrogens is 238 g/mol. The molecule has 0 fully saturated rings. The first kappa shape index (κ1) is 13.1. The van der Waals surface area contributed by atoms with Crippen molar-refractivity contribution in [3.63, 3.8) is 0 Å². The maximum atomic E-state index is 5.82. The van der Waals surface area contributed by atoms with Crippen LogP contribution in [0, 0.1) is 6.92 Å². The molecule has 1 heterocycles. The number of aryl methyl sites for hydroxylation is 2. The lowest BCUT2D eigenvalue weighted by Crippen LogP contribution is -2.22. The molecule has 0 aliphatic rings. The van der Waals surface area contributed by atoms with Gasteiger partial charge in [0.25, 0.3) is 0 Å². The maximum Gasteiger partial charge on any atom is 0.193 e. The number of imidazole rings is 1. The standard InChI is InChI=1S/C14H19N5/c1-12-3-5-13(6-4-12)18-14(15)17-7-2-9-19-10-8-16-11-19/h3-6,8,10-11H,2,7,9H2,1H3,(H3,15,17,18). The van der Waals surface area contributed by atoms with Gasteiger partial charge in [-0.05, 0) is 25.5 Å². The van der Waals surface area contributed by atoms with Gasteiger partial charge in [0, 0.05) is 31.2 Å². The third kappa shape index (κ3) is 4.46. The highest BCUT2D eigenvalue weighted by Gasteiger charge is 1.95. The fraction of sp³-hybridized carbons (Fsp3) is 0.286. The molecule has 2 aromatic rings. The molecule has 0 aliphatic carbocycles. The van der Waals surface area contributed by atoms with Gasteiger partial charge in [0.2, 0.25) is 0 Å². The zero-order valence-electron chi connectivity index (χ0n) is 11.1. The van der Waals surface area contributed by atoms with E-state index in [1.807, 2.05) is 35.0 Å². The molecule has 5 nitrogen and oxygen atoms in total. The molecule has 0 atom stereocenters. The number of guanidine groups is 1. The van der Waals surface area contributed by atoms with E-state index in [1.54, 1.807) is 12.5 Å². The molecule has 0 aliphatic heterocycles. The second-order valence-corrected chi connectivity index (χ2v) is 4.41. The van der Waals surface area contributed by atoms with E-state index in [4.69, 9.17) is 5.73 Å². The van der Waals surface area contributed by atoms with Crippen molar-refractivity contribution in [1.29, 1.82) is 0 Å². The molecule has 19 heavy (non-hydrogen) atoms. The Bertz CT molecular complexity index is 513. The van der Waals surface area contributed by atoms with Crippen LogP contribution in [0.4, 0.5) is 5.69 Å². The van der Waals surface area contributed by atoms with Gasteiger partial charge in [0.15, 0.2) is 5.96 Å². The summed E-state index contributed by atoms with van der Waals surface area (Å²) in [6, 6.07) is 8.05. The average Bonchev–Trinajstić information content (AvgIpc) is 2.91. The number of hydrogen-bond donors (Lipinski definition) is 2. The summed E-state index contributed by atoms with van der Waals surface area (Å²) in [7, 11) is 0. The average molecular weight is 257 g/mol. The third-order valence-electron chi connectivity index (χ3n) is 2.74. The molecule has 2 rings (SSSR count). The molecule has 100 valence electrons. The highest BCUT2D eigenvalue weighted by molar-refractivity contribution is 5.92. The minimum Gasteiger partial charge on any atom is -0.370 e. The number of nitrogens with two attached hydrogens (primary N) is 1. The maximum absolute atomic E-state index is 5.82. The number of hydrogen-bond acceptors (Lipinski definition) is 2. The molecule has 0 amide bonds. The van der Waals surface area contributed by atoms with Crippen molar-refractivity contribution >= 4 is 11.6 Å². The van der Waals surface area contributed by atoms with Gasteiger partial charge in [-0.15, -0.1) is 0 Å². The molecule has 1 aromatic carbocycles. The number of benzene rings is 1. The lowest BCUT2D eigenvalue weighted by atomic mass is 10.2. The largest absolute Gasteiger partial charge is 0.370 e. The summed E-state index contributed by atoms with van der Waals surface area (Å²) in [6.07, 6.45) is 6.46. The molecule has 0 bridgehead atoms. The van der Waals surface area contributed by atoms with E-state index < -0.39 is 0 Å². The zero-order valence-corrected chi connectivity index (χ0v) is 11.1. The van der Waals surface area contributed by atoms with Crippen LogP contribution in [-0.4, -0.2) is 22.1 Å². The number of anilines is 1. The SMILES string of the molecule is Cc1ccc(NC(N)=NCCCn2ccnc2)cc1. The summed E-state index contributed by atoms with van der Waals surface area (Å²) in [6.45, 7) is 3.65. The fourth-order valence-corrected chi connectivity index (χ4v) is 1.70. The van der Waals surface area contributed by atoms with Gasteiger partial charge in [-0.1, -0.05) is 17.7 Å².